The third-order valence-corrected chi connectivity index (χ3v) is 5.67. The topological polar surface area (TPSA) is 24.5 Å². The van der Waals surface area contributed by atoms with Crippen molar-refractivity contribution in [2.75, 3.05) is 33.9 Å². The lowest BCUT2D eigenvalue weighted by Crippen LogP contribution is -2.47. The van der Waals surface area contributed by atoms with Gasteiger partial charge in [0, 0.05) is 31.8 Å². The fourth-order valence-electron chi connectivity index (χ4n) is 4.13. The molecule has 2 fully saturated rings. The Labute approximate surface area is 125 Å². The van der Waals surface area contributed by atoms with Crippen molar-refractivity contribution in [3.8, 4) is 0 Å². The summed E-state index contributed by atoms with van der Waals surface area (Å²) in [4.78, 5) is 2.61. The first-order valence-corrected chi connectivity index (χ1v) is 8.57. The van der Waals surface area contributed by atoms with E-state index in [1.165, 1.54) is 38.6 Å². The van der Waals surface area contributed by atoms with Gasteiger partial charge in [0.15, 0.2) is 0 Å². The van der Waals surface area contributed by atoms with Crippen molar-refractivity contribution in [1.82, 2.24) is 10.2 Å². The molecule has 0 bridgehead atoms. The normalized spacial score (nSPS) is 33.0. The van der Waals surface area contributed by atoms with E-state index < -0.39 is 0 Å². The molecule has 1 aliphatic heterocycles. The van der Waals surface area contributed by atoms with Crippen LogP contribution in [0.5, 0.6) is 0 Å². The molecule has 0 aromatic heterocycles. The largest absolute Gasteiger partial charge is 0.381 e. The summed E-state index contributed by atoms with van der Waals surface area (Å²) in [7, 11) is 4.46. The summed E-state index contributed by atoms with van der Waals surface area (Å²) in [6, 6.07) is 1.45. The maximum atomic E-state index is 5.49. The van der Waals surface area contributed by atoms with Crippen molar-refractivity contribution < 1.29 is 4.74 Å². The van der Waals surface area contributed by atoms with Gasteiger partial charge in [0.25, 0.3) is 0 Å². The maximum Gasteiger partial charge on any atom is 0.0480 e. The number of hydrogen-bond donors (Lipinski definition) is 1. The Hall–Kier alpha value is -0.120. The molecular formula is C17H34N2O. The summed E-state index contributed by atoms with van der Waals surface area (Å²) >= 11 is 0. The highest BCUT2D eigenvalue weighted by Crippen LogP contribution is 2.34. The number of nitrogens with one attached hydrogen (secondary N) is 1. The number of rotatable bonds is 5. The molecule has 0 aromatic rings. The molecule has 1 saturated carbocycles. The lowest BCUT2D eigenvalue weighted by atomic mass is 9.73. The molecule has 0 aromatic carbocycles. The van der Waals surface area contributed by atoms with Gasteiger partial charge in [-0.05, 0) is 64.0 Å². The highest BCUT2D eigenvalue weighted by Gasteiger charge is 2.32. The average Bonchev–Trinajstić information content (AvgIpc) is 2.48. The van der Waals surface area contributed by atoms with Crippen molar-refractivity contribution in [1.29, 1.82) is 0 Å². The lowest BCUT2D eigenvalue weighted by molar-refractivity contribution is 0.0300. The average molecular weight is 282 g/mol. The first kappa shape index (κ1) is 16.3. The van der Waals surface area contributed by atoms with Crippen LogP contribution in [0.2, 0.25) is 0 Å². The van der Waals surface area contributed by atoms with E-state index in [-0.39, 0.29) is 0 Å². The molecule has 20 heavy (non-hydrogen) atoms. The fourth-order valence-corrected chi connectivity index (χ4v) is 4.13. The molecule has 1 saturated heterocycles. The summed E-state index contributed by atoms with van der Waals surface area (Å²) in [5, 5.41) is 3.57. The molecule has 1 heterocycles. The minimum Gasteiger partial charge on any atom is -0.381 e. The van der Waals surface area contributed by atoms with E-state index in [0.29, 0.717) is 6.04 Å². The van der Waals surface area contributed by atoms with Crippen molar-refractivity contribution >= 4 is 0 Å². The van der Waals surface area contributed by atoms with Gasteiger partial charge in [-0.3, -0.25) is 0 Å². The van der Waals surface area contributed by atoms with Crippen LogP contribution in [0.15, 0.2) is 0 Å². The predicted molar refractivity (Wildman–Crippen MR) is 85.0 cm³/mol. The molecule has 3 atom stereocenters. The van der Waals surface area contributed by atoms with Gasteiger partial charge < -0.3 is 15.0 Å². The van der Waals surface area contributed by atoms with E-state index >= 15 is 0 Å². The standard InChI is InChI=1S/C17H34N2O/c1-13(2)14-5-6-17(18-3)15(11-14)12-19(4)16-7-9-20-10-8-16/h13-18H,5-12H2,1-4H3. The Morgan fingerprint density at radius 1 is 1.15 bits per heavy atom. The molecule has 3 unspecified atom stereocenters. The predicted octanol–water partition coefficient (Wildman–Crippen LogP) is 2.76. The minimum absolute atomic E-state index is 0.715. The zero-order chi connectivity index (χ0) is 14.5. The molecular weight excluding hydrogens is 248 g/mol. The first-order chi connectivity index (χ1) is 9.61. The van der Waals surface area contributed by atoms with Gasteiger partial charge in [0.2, 0.25) is 0 Å². The van der Waals surface area contributed by atoms with E-state index in [9.17, 15) is 0 Å². The Morgan fingerprint density at radius 3 is 2.45 bits per heavy atom. The zero-order valence-electron chi connectivity index (χ0n) is 13.9. The maximum absolute atomic E-state index is 5.49. The van der Waals surface area contributed by atoms with Crippen molar-refractivity contribution in [2.45, 2.75) is 58.0 Å². The first-order valence-electron chi connectivity index (χ1n) is 8.57. The second-order valence-electron chi connectivity index (χ2n) is 7.26. The second kappa shape index (κ2) is 7.77. The van der Waals surface area contributed by atoms with Gasteiger partial charge in [-0.2, -0.15) is 0 Å². The van der Waals surface area contributed by atoms with Gasteiger partial charge in [-0.1, -0.05) is 13.8 Å². The molecule has 1 aliphatic carbocycles. The van der Waals surface area contributed by atoms with Crippen LogP contribution in [0.3, 0.4) is 0 Å². The molecule has 118 valence electrons. The smallest absolute Gasteiger partial charge is 0.0480 e. The molecule has 0 spiro atoms. The van der Waals surface area contributed by atoms with E-state index in [1.54, 1.807) is 0 Å². The third-order valence-electron chi connectivity index (χ3n) is 5.67. The van der Waals surface area contributed by atoms with Gasteiger partial charge in [0.1, 0.15) is 0 Å². The van der Waals surface area contributed by atoms with Crippen LogP contribution in [0, 0.1) is 17.8 Å². The lowest BCUT2D eigenvalue weighted by Gasteiger charge is -2.41. The molecule has 0 amide bonds. The van der Waals surface area contributed by atoms with Crippen molar-refractivity contribution in [3.05, 3.63) is 0 Å². The third kappa shape index (κ3) is 4.19. The van der Waals surface area contributed by atoms with E-state index in [2.05, 4.69) is 38.2 Å². The van der Waals surface area contributed by atoms with Gasteiger partial charge in [-0.25, -0.2) is 0 Å². The van der Waals surface area contributed by atoms with Crippen molar-refractivity contribution in [3.63, 3.8) is 0 Å². The zero-order valence-corrected chi connectivity index (χ0v) is 13.9. The summed E-state index contributed by atoms with van der Waals surface area (Å²) in [5.41, 5.74) is 0. The van der Waals surface area contributed by atoms with Gasteiger partial charge in [0.05, 0.1) is 0 Å². The SMILES string of the molecule is CNC1CCC(C(C)C)CC1CN(C)C1CCOCC1. The van der Waals surface area contributed by atoms with Crippen LogP contribution >= 0.6 is 0 Å². The molecule has 1 N–H and O–H groups in total. The Balaban J connectivity index is 1.89. The van der Waals surface area contributed by atoms with Crippen LogP contribution in [0.25, 0.3) is 0 Å². The number of ether oxygens (including phenoxy) is 1. The highest BCUT2D eigenvalue weighted by molar-refractivity contribution is 4.87. The minimum atomic E-state index is 0.715. The molecule has 2 rings (SSSR count). The summed E-state index contributed by atoms with van der Waals surface area (Å²) in [5.74, 6) is 2.57. The Bertz CT molecular complexity index is 276. The fraction of sp³-hybridized carbons (Fsp3) is 1.00. The van der Waals surface area contributed by atoms with Crippen molar-refractivity contribution in [2.24, 2.45) is 17.8 Å². The monoisotopic (exact) mass is 282 g/mol. The van der Waals surface area contributed by atoms with Crippen LogP contribution in [-0.4, -0.2) is 50.8 Å². The highest BCUT2D eigenvalue weighted by atomic mass is 16.5. The van der Waals surface area contributed by atoms with Crippen LogP contribution < -0.4 is 5.32 Å². The van der Waals surface area contributed by atoms with Crippen LogP contribution in [0.1, 0.15) is 46.0 Å². The quantitative estimate of drug-likeness (QED) is 0.839. The number of nitrogens with zero attached hydrogens (tertiary/aromatic N) is 1. The molecule has 3 heteroatoms. The van der Waals surface area contributed by atoms with Crippen LogP contribution in [-0.2, 0) is 4.74 Å². The molecule has 3 nitrogen and oxygen atoms in total. The van der Waals surface area contributed by atoms with Gasteiger partial charge in [-0.15, -0.1) is 0 Å². The summed E-state index contributed by atoms with van der Waals surface area (Å²) < 4.78 is 5.49. The van der Waals surface area contributed by atoms with E-state index in [4.69, 9.17) is 4.74 Å². The Morgan fingerprint density at radius 2 is 1.85 bits per heavy atom. The molecule has 0 radical (unpaired) electrons. The summed E-state index contributed by atoms with van der Waals surface area (Å²) in [6.45, 7) is 7.93. The van der Waals surface area contributed by atoms with Crippen LogP contribution in [0.4, 0.5) is 0 Å². The van der Waals surface area contributed by atoms with Gasteiger partial charge >= 0.3 is 0 Å². The second-order valence-corrected chi connectivity index (χ2v) is 7.26. The Kier molecular flexibility index (Phi) is 6.31. The number of hydrogen-bond acceptors (Lipinski definition) is 3. The van der Waals surface area contributed by atoms with E-state index in [0.717, 1.165) is 37.0 Å². The summed E-state index contributed by atoms with van der Waals surface area (Å²) in [6.07, 6.45) is 6.57. The molecule has 2 aliphatic rings. The van der Waals surface area contributed by atoms with E-state index in [1.807, 2.05) is 0 Å².